The number of alkyl halides is 3. The molecule has 0 unspecified atom stereocenters. The van der Waals surface area contributed by atoms with E-state index in [0.29, 0.717) is 0 Å². The molecule has 15 heavy (non-hydrogen) atoms. The van der Waals surface area contributed by atoms with Gasteiger partial charge in [0.05, 0.1) is 12.1 Å². The third-order valence-electron chi connectivity index (χ3n) is 1.57. The molecule has 1 aromatic heterocycles. The molecular formula is C8H6BrF3N2O. The normalized spacial score (nSPS) is 12.3. The molecule has 0 saturated heterocycles. The Morgan fingerprint density at radius 3 is 2.60 bits per heavy atom. The van der Waals surface area contributed by atoms with Gasteiger partial charge in [0.25, 0.3) is 0 Å². The number of aldehydes is 1. The van der Waals surface area contributed by atoms with E-state index in [1.165, 1.54) is 4.99 Å². The number of carbonyl (C=O) groups excluding carboxylic acids is 1. The number of aromatic nitrogens is 2. The van der Waals surface area contributed by atoms with Crippen LogP contribution in [0, 0.1) is 0 Å². The summed E-state index contributed by atoms with van der Waals surface area (Å²) in [6.45, 7) is 0.169. The summed E-state index contributed by atoms with van der Waals surface area (Å²) in [5, 5.41) is 3.28. The van der Waals surface area contributed by atoms with Gasteiger partial charge in [-0.3, -0.25) is 9.48 Å². The van der Waals surface area contributed by atoms with Gasteiger partial charge in [0.1, 0.15) is 0 Å². The number of carbonyl (C=O) groups is 1. The van der Waals surface area contributed by atoms with E-state index in [0.717, 1.165) is 10.9 Å². The second-order valence-electron chi connectivity index (χ2n) is 2.63. The number of nitrogens with zero attached hydrogens (tertiary/aromatic N) is 2. The molecule has 1 aromatic rings. The largest absolute Gasteiger partial charge is 0.435 e. The highest BCUT2D eigenvalue weighted by Crippen LogP contribution is 2.29. The first-order valence-corrected chi connectivity index (χ1v) is 4.75. The Balaban J connectivity index is 3.06. The topological polar surface area (TPSA) is 34.9 Å². The summed E-state index contributed by atoms with van der Waals surface area (Å²) in [5.41, 5.74) is -1.61. The average Bonchev–Trinajstić information content (AvgIpc) is 2.57. The lowest BCUT2D eigenvalue weighted by Crippen LogP contribution is -2.09. The summed E-state index contributed by atoms with van der Waals surface area (Å²) in [7, 11) is 0. The number of rotatable bonds is 3. The van der Waals surface area contributed by atoms with E-state index in [1.807, 2.05) is 0 Å². The molecule has 0 radical (unpaired) electrons. The van der Waals surface area contributed by atoms with Crippen LogP contribution in [-0.2, 0) is 12.7 Å². The average molecular weight is 283 g/mol. The smallest absolute Gasteiger partial charge is 0.298 e. The maximum absolute atomic E-state index is 12.3. The van der Waals surface area contributed by atoms with Crippen LogP contribution in [0.2, 0.25) is 0 Å². The number of allylic oxidation sites excluding steroid dienone is 1. The Bertz CT molecular complexity index is 384. The molecule has 0 spiro atoms. The van der Waals surface area contributed by atoms with E-state index >= 15 is 0 Å². The lowest BCUT2D eigenvalue weighted by Gasteiger charge is -2.01. The van der Waals surface area contributed by atoms with E-state index < -0.39 is 17.4 Å². The Morgan fingerprint density at radius 2 is 2.20 bits per heavy atom. The van der Waals surface area contributed by atoms with Gasteiger partial charge in [-0.1, -0.05) is 22.0 Å². The van der Waals surface area contributed by atoms with Crippen molar-refractivity contribution in [3.05, 3.63) is 28.5 Å². The van der Waals surface area contributed by atoms with Crippen LogP contribution in [0.15, 0.2) is 17.3 Å². The van der Waals surface area contributed by atoms with Crippen molar-refractivity contribution in [1.82, 2.24) is 9.78 Å². The fraction of sp³-hybridized carbons (Fsp3) is 0.250. The molecule has 0 aliphatic heterocycles. The molecule has 7 heteroatoms. The fourth-order valence-corrected chi connectivity index (χ4v) is 1.15. The summed E-state index contributed by atoms with van der Waals surface area (Å²) >= 11 is 2.98. The second kappa shape index (κ2) is 4.61. The van der Waals surface area contributed by atoms with Gasteiger partial charge in [-0.05, 0) is 4.99 Å². The molecule has 0 fully saturated rings. The van der Waals surface area contributed by atoms with E-state index in [9.17, 15) is 18.0 Å². The predicted octanol–water partition coefficient (Wildman–Crippen LogP) is 2.62. The summed E-state index contributed by atoms with van der Waals surface area (Å²) in [6, 6.07) is 0. The van der Waals surface area contributed by atoms with Crippen molar-refractivity contribution in [2.75, 3.05) is 0 Å². The van der Waals surface area contributed by atoms with Crippen molar-refractivity contribution in [2.24, 2.45) is 0 Å². The molecule has 3 nitrogen and oxygen atoms in total. The van der Waals surface area contributed by atoms with Crippen LogP contribution in [0.5, 0.6) is 0 Å². The van der Waals surface area contributed by atoms with Crippen molar-refractivity contribution in [3.63, 3.8) is 0 Å². The van der Waals surface area contributed by atoms with Crippen molar-refractivity contribution in [3.8, 4) is 0 Å². The van der Waals surface area contributed by atoms with Crippen LogP contribution in [0.25, 0.3) is 0 Å². The minimum Gasteiger partial charge on any atom is -0.298 e. The maximum Gasteiger partial charge on any atom is 0.435 e. The Labute approximate surface area is 91.7 Å². The summed E-state index contributed by atoms with van der Waals surface area (Å²) in [4.78, 5) is 11.9. The molecule has 82 valence electrons. The molecule has 0 saturated carbocycles. The number of hydrogen-bond donors (Lipinski definition) is 0. The fourth-order valence-electron chi connectivity index (χ4n) is 0.985. The predicted molar refractivity (Wildman–Crippen MR) is 50.7 cm³/mol. The second-order valence-corrected chi connectivity index (χ2v) is 3.16. The van der Waals surface area contributed by atoms with Crippen LogP contribution in [0.3, 0.4) is 0 Å². The molecule has 0 bridgehead atoms. The Morgan fingerprint density at radius 1 is 1.53 bits per heavy atom. The SMILES string of the molecule is O=Cc1cn(CC=CBr)nc1C(F)(F)F. The molecule has 1 heterocycles. The van der Waals surface area contributed by atoms with Crippen LogP contribution in [0.4, 0.5) is 13.2 Å². The van der Waals surface area contributed by atoms with Crippen LogP contribution in [0.1, 0.15) is 16.1 Å². The van der Waals surface area contributed by atoms with Gasteiger partial charge in [0.2, 0.25) is 0 Å². The standard InChI is InChI=1S/C8H6BrF3N2O/c9-2-1-3-14-4-6(5-15)7(13-14)8(10,11)12/h1-2,4-5H,3H2. The first-order valence-electron chi connectivity index (χ1n) is 3.84. The molecule has 0 amide bonds. The zero-order chi connectivity index (χ0) is 11.5. The van der Waals surface area contributed by atoms with Gasteiger partial charge in [-0.2, -0.15) is 18.3 Å². The molecule has 0 aliphatic rings. The van der Waals surface area contributed by atoms with Crippen molar-refractivity contribution in [1.29, 1.82) is 0 Å². The van der Waals surface area contributed by atoms with E-state index in [4.69, 9.17) is 0 Å². The van der Waals surface area contributed by atoms with E-state index in [-0.39, 0.29) is 12.8 Å². The minimum atomic E-state index is -4.60. The van der Waals surface area contributed by atoms with Crippen LogP contribution < -0.4 is 0 Å². The van der Waals surface area contributed by atoms with Gasteiger partial charge in [-0.25, -0.2) is 0 Å². The monoisotopic (exact) mass is 282 g/mol. The van der Waals surface area contributed by atoms with Crippen LogP contribution in [-0.4, -0.2) is 16.1 Å². The third kappa shape index (κ3) is 2.92. The third-order valence-corrected chi connectivity index (χ3v) is 1.94. The Kier molecular flexibility index (Phi) is 3.67. The molecule has 0 atom stereocenters. The summed E-state index contributed by atoms with van der Waals surface area (Å²) < 4.78 is 38.0. The number of halogens is 4. The van der Waals surface area contributed by atoms with Crippen molar-refractivity contribution in [2.45, 2.75) is 12.7 Å². The minimum absolute atomic E-state index is 0.143. The Hall–Kier alpha value is -1.11. The first-order chi connectivity index (χ1) is 6.99. The first kappa shape index (κ1) is 12.0. The van der Waals surface area contributed by atoms with Gasteiger partial charge in [-0.15, -0.1) is 0 Å². The van der Waals surface area contributed by atoms with Gasteiger partial charge in [0.15, 0.2) is 12.0 Å². The molecule has 1 rings (SSSR count). The molecule has 0 aliphatic carbocycles. The van der Waals surface area contributed by atoms with Gasteiger partial charge >= 0.3 is 6.18 Å². The maximum atomic E-state index is 12.3. The van der Waals surface area contributed by atoms with E-state index in [2.05, 4.69) is 21.0 Å². The summed E-state index contributed by atoms with van der Waals surface area (Å²) in [6.07, 6.45) is -1.84. The molecular weight excluding hydrogens is 277 g/mol. The van der Waals surface area contributed by atoms with Crippen molar-refractivity contribution >= 4 is 22.2 Å². The lowest BCUT2D eigenvalue weighted by atomic mass is 10.3. The zero-order valence-electron chi connectivity index (χ0n) is 7.33. The highest BCUT2D eigenvalue weighted by atomic mass is 79.9. The highest BCUT2D eigenvalue weighted by molar-refractivity contribution is 9.11. The molecule has 0 N–H and O–H groups in total. The molecule has 0 aromatic carbocycles. The van der Waals surface area contributed by atoms with E-state index in [1.54, 1.807) is 6.08 Å². The van der Waals surface area contributed by atoms with Crippen LogP contribution >= 0.6 is 15.9 Å². The van der Waals surface area contributed by atoms with Gasteiger partial charge < -0.3 is 0 Å². The quantitative estimate of drug-likeness (QED) is 0.799. The highest BCUT2D eigenvalue weighted by Gasteiger charge is 2.36. The van der Waals surface area contributed by atoms with Gasteiger partial charge in [0, 0.05) is 6.20 Å². The zero-order valence-corrected chi connectivity index (χ0v) is 8.92. The van der Waals surface area contributed by atoms with Crippen molar-refractivity contribution < 1.29 is 18.0 Å². The number of hydrogen-bond acceptors (Lipinski definition) is 2. The lowest BCUT2D eigenvalue weighted by molar-refractivity contribution is -0.141. The summed E-state index contributed by atoms with van der Waals surface area (Å²) in [5.74, 6) is 0.